The van der Waals surface area contributed by atoms with Gasteiger partial charge in [0.1, 0.15) is 0 Å². The molecule has 0 saturated heterocycles. The van der Waals surface area contributed by atoms with E-state index >= 15 is 0 Å². The van der Waals surface area contributed by atoms with Gasteiger partial charge >= 0.3 is 11.7 Å². The van der Waals surface area contributed by atoms with Gasteiger partial charge in [-0.1, -0.05) is 6.92 Å². The highest BCUT2D eigenvalue weighted by Gasteiger charge is 2.28. The van der Waals surface area contributed by atoms with Crippen LogP contribution >= 0.6 is 0 Å². The summed E-state index contributed by atoms with van der Waals surface area (Å²) in [5, 5.41) is 20.0. The van der Waals surface area contributed by atoms with E-state index < -0.39 is 16.6 Å². The molecule has 0 atom stereocenters. The van der Waals surface area contributed by atoms with Crippen LogP contribution in [0.4, 0.5) is 5.69 Å². The molecule has 0 aliphatic heterocycles. The minimum absolute atomic E-state index is 0.0654. The van der Waals surface area contributed by atoms with Gasteiger partial charge in [-0.25, -0.2) is 4.79 Å². The molecule has 0 radical (unpaired) electrons. The summed E-state index contributed by atoms with van der Waals surface area (Å²) in [5.41, 5.74) is -0.210. The Morgan fingerprint density at radius 3 is 2.28 bits per heavy atom. The highest BCUT2D eigenvalue weighted by atomic mass is 16.6. The molecule has 18 heavy (non-hydrogen) atoms. The summed E-state index contributed by atoms with van der Waals surface area (Å²) in [6.45, 7) is 1.73. The summed E-state index contributed by atoms with van der Waals surface area (Å²) < 4.78 is 9.99. The van der Waals surface area contributed by atoms with E-state index in [1.807, 2.05) is 0 Å². The van der Waals surface area contributed by atoms with Crippen LogP contribution < -0.4 is 9.47 Å². The van der Waals surface area contributed by atoms with Crippen LogP contribution in [-0.2, 0) is 6.42 Å². The van der Waals surface area contributed by atoms with Crippen LogP contribution in [0.5, 0.6) is 11.5 Å². The van der Waals surface area contributed by atoms with Crippen molar-refractivity contribution in [1.29, 1.82) is 0 Å². The van der Waals surface area contributed by atoms with E-state index in [2.05, 4.69) is 0 Å². The summed E-state index contributed by atoms with van der Waals surface area (Å²) in [4.78, 5) is 21.3. The van der Waals surface area contributed by atoms with Gasteiger partial charge in [0.25, 0.3) is 0 Å². The molecule has 0 bridgehead atoms. The van der Waals surface area contributed by atoms with Crippen LogP contribution in [-0.4, -0.2) is 30.2 Å². The number of carboxylic acids is 1. The molecule has 1 aromatic rings. The molecule has 0 fully saturated rings. The molecule has 1 rings (SSSR count). The number of methoxy groups -OCH3 is 2. The number of hydrogen-bond donors (Lipinski definition) is 1. The van der Waals surface area contributed by atoms with Crippen molar-refractivity contribution in [3.8, 4) is 11.5 Å². The fourth-order valence-electron chi connectivity index (χ4n) is 1.76. The molecular weight excluding hydrogens is 242 g/mol. The molecule has 0 saturated carbocycles. The van der Waals surface area contributed by atoms with Crippen LogP contribution in [0.1, 0.15) is 22.8 Å². The summed E-state index contributed by atoms with van der Waals surface area (Å²) in [6, 6.07) is 0.989. The van der Waals surface area contributed by atoms with Gasteiger partial charge in [-0.2, -0.15) is 0 Å². The molecule has 0 aliphatic carbocycles. The average Bonchev–Trinajstić information content (AvgIpc) is 2.35. The van der Waals surface area contributed by atoms with Gasteiger partial charge in [0.05, 0.1) is 24.7 Å². The molecule has 98 valence electrons. The Morgan fingerprint density at radius 2 is 1.94 bits per heavy atom. The number of nitro benzene ring substituents is 1. The molecule has 7 heteroatoms. The van der Waals surface area contributed by atoms with Gasteiger partial charge in [0.15, 0.2) is 5.75 Å². The van der Waals surface area contributed by atoms with Crippen LogP contribution in [0, 0.1) is 10.1 Å². The molecule has 7 nitrogen and oxygen atoms in total. The quantitative estimate of drug-likeness (QED) is 0.637. The Labute approximate surface area is 103 Å². The molecule has 0 amide bonds. The standard InChI is InChI=1S/C11H13NO6/c1-4-6-7(11(13)14)5-8(12(15)16)10(18-3)9(6)17-2/h5H,4H2,1-3H3,(H,13,14). The molecule has 0 unspecified atom stereocenters. The number of aromatic carboxylic acids is 1. The summed E-state index contributed by atoms with van der Waals surface area (Å²) in [7, 11) is 2.58. The first-order chi connectivity index (χ1) is 8.47. The third kappa shape index (κ3) is 2.20. The second-order valence-corrected chi connectivity index (χ2v) is 3.40. The van der Waals surface area contributed by atoms with Crippen molar-refractivity contribution in [3.05, 3.63) is 27.3 Å². The van der Waals surface area contributed by atoms with E-state index in [0.29, 0.717) is 12.0 Å². The third-order valence-electron chi connectivity index (χ3n) is 2.51. The fourth-order valence-corrected chi connectivity index (χ4v) is 1.76. The van der Waals surface area contributed by atoms with Gasteiger partial charge in [0.2, 0.25) is 5.75 Å². The Bertz CT molecular complexity index is 457. The first kappa shape index (κ1) is 13.8. The Morgan fingerprint density at radius 1 is 1.39 bits per heavy atom. The molecule has 1 N–H and O–H groups in total. The number of hydrogen-bond acceptors (Lipinski definition) is 5. The highest BCUT2D eigenvalue weighted by molar-refractivity contribution is 5.92. The van der Waals surface area contributed by atoms with Crippen molar-refractivity contribution in [2.75, 3.05) is 14.2 Å². The maximum absolute atomic E-state index is 11.1. The first-order valence-electron chi connectivity index (χ1n) is 5.13. The minimum atomic E-state index is -1.24. The van der Waals surface area contributed by atoms with Gasteiger partial charge in [-0.05, 0) is 6.42 Å². The van der Waals surface area contributed by atoms with Crippen LogP contribution in [0.25, 0.3) is 0 Å². The van der Waals surface area contributed by atoms with Crippen molar-refractivity contribution >= 4 is 11.7 Å². The Balaban J connectivity index is 3.72. The fraction of sp³-hybridized carbons (Fsp3) is 0.364. The largest absolute Gasteiger partial charge is 0.492 e. The van der Waals surface area contributed by atoms with Crippen molar-refractivity contribution in [3.63, 3.8) is 0 Å². The molecule has 0 heterocycles. The number of nitro groups is 1. The predicted octanol–water partition coefficient (Wildman–Crippen LogP) is 1.87. The number of rotatable bonds is 5. The lowest BCUT2D eigenvalue weighted by molar-refractivity contribution is -0.385. The van der Waals surface area contributed by atoms with Gasteiger partial charge in [-0.15, -0.1) is 0 Å². The normalized spacial score (nSPS) is 9.94. The smallest absolute Gasteiger partial charge is 0.336 e. The van der Waals surface area contributed by atoms with Crippen molar-refractivity contribution in [1.82, 2.24) is 0 Å². The van der Waals surface area contributed by atoms with Gasteiger partial charge < -0.3 is 14.6 Å². The molecular formula is C11H13NO6. The van der Waals surface area contributed by atoms with Crippen molar-refractivity contribution < 1.29 is 24.3 Å². The number of carbonyl (C=O) groups is 1. The Hall–Kier alpha value is -2.31. The van der Waals surface area contributed by atoms with Crippen molar-refractivity contribution in [2.24, 2.45) is 0 Å². The van der Waals surface area contributed by atoms with Crippen molar-refractivity contribution in [2.45, 2.75) is 13.3 Å². The lowest BCUT2D eigenvalue weighted by Gasteiger charge is -2.14. The Kier molecular flexibility index (Phi) is 4.09. The predicted molar refractivity (Wildman–Crippen MR) is 62.5 cm³/mol. The lowest BCUT2D eigenvalue weighted by atomic mass is 10.0. The zero-order chi connectivity index (χ0) is 13.9. The third-order valence-corrected chi connectivity index (χ3v) is 2.51. The number of ether oxygens (including phenoxy) is 2. The number of nitrogens with zero attached hydrogens (tertiary/aromatic N) is 1. The number of benzene rings is 1. The van der Waals surface area contributed by atoms with E-state index in [9.17, 15) is 14.9 Å². The van der Waals surface area contributed by atoms with E-state index in [0.717, 1.165) is 6.07 Å². The highest BCUT2D eigenvalue weighted by Crippen LogP contribution is 2.41. The van der Waals surface area contributed by atoms with E-state index in [1.54, 1.807) is 6.92 Å². The maximum atomic E-state index is 11.1. The van der Waals surface area contributed by atoms with E-state index in [1.165, 1.54) is 14.2 Å². The topological polar surface area (TPSA) is 98.9 Å². The summed E-state index contributed by atoms with van der Waals surface area (Å²) in [6.07, 6.45) is 0.360. The molecule has 1 aromatic carbocycles. The SMILES string of the molecule is CCc1c(C(=O)O)cc([N+](=O)[O-])c(OC)c1OC. The maximum Gasteiger partial charge on any atom is 0.336 e. The van der Waals surface area contributed by atoms with Crippen LogP contribution in [0.2, 0.25) is 0 Å². The molecule has 0 spiro atoms. The summed E-state index contributed by atoms with van der Waals surface area (Å²) in [5.74, 6) is -1.22. The zero-order valence-corrected chi connectivity index (χ0v) is 10.2. The van der Waals surface area contributed by atoms with E-state index in [-0.39, 0.29) is 17.1 Å². The zero-order valence-electron chi connectivity index (χ0n) is 10.2. The minimum Gasteiger partial charge on any atom is -0.492 e. The second kappa shape index (κ2) is 5.35. The van der Waals surface area contributed by atoms with Crippen LogP contribution in [0.3, 0.4) is 0 Å². The van der Waals surface area contributed by atoms with Crippen LogP contribution in [0.15, 0.2) is 6.07 Å². The van der Waals surface area contributed by atoms with E-state index in [4.69, 9.17) is 14.6 Å². The number of carboxylic acid groups (broad SMARTS) is 1. The average molecular weight is 255 g/mol. The molecule has 0 aromatic heterocycles. The van der Waals surface area contributed by atoms with Gasteiger partial charge in [0, 0.05) is 11.6 Å². The molecule has 0 aliphatic rings. The monoisotopic (exact) mass is 255 g/mol. The summed E-state index contributed by atoms with van der Waals surface area (Å²) >= 11 is 0. The lowest BCUT2D eigenvalue weighted by Crippen LogP contribution is -2.08. The first-order valence-corrected chi connectivity index (χ1v) is 5.13. The second-order valence-electron chi connectivity index (χ2n) is 3.40. The van der Waals surface area contributed by atoms with Gasteiger partial charge in [-0.3, -0.25) is 10.1 Å².